The lowest BCUT2D eigenvalue weighted by molar-refractivity contribution is 0.0695. The zero-order chi connectivity index (χ0) is 14.7. The van der Waals surface area contributed by atoms with Crippen LogP contribution >= 0.6 is 15.9 Å². The van der Waals surface area contributed by atoms with Crippen LogP contribution in [-0.4, -0.2) is 17.0 Å². The van der Waals surface area contributed by atoms with Crippen molar-refractivity contribution in [2.24, 2.45) is 0 Å². The summed E-state index contributed by atoms with van der Waals surface area (Å²) in [5.74, 6) is -1.31. The lowest BCUT2D eigenvalue weighted by Crippen LogP contribution is -2.13. The Hall–Kier alpha value is -2.14. The van der Waals surface area contributed by atoms with Crippen LogP contribution < -0.4 is 5.32 Å². The summed E-state index contributed by atoms with van der Waals surface area (Å²) in [5, 5.41) is 11.7. The third-order valence-electron chi connectivity index (χ3n) is 2.84. The fraction of sp³-hybridized carbons (Fsp3) is 0.0667. The summed E-state index contributed by atoms with van der Waals surface area (Å²) in [6, 6.07) is 11.9. The topological polar surface area (TPSA) is 66.4 Å². The normalized spacial score (nSPS) is 10.1. The SMILES string of the molecule is Cc1ccccc1C(=O)Nc1ccc(Br)c(C(=O)O)c1. The number of amides is 1. The van der Waals surface area contributed by atoms with Crippen LogP contribution in [0.1, 0.15) is 26.3 Å². The summed E-state index contributed by atoms with van der Waals surface area (Å²) >= 11 is 3.16. The minimum Gasteiger partial charge on any atom is -0.478 e. The van der Waals surface area contributed by atoms with Gasteiger partial charge < -0.3 is 10.4 Å². The number of rotatable bonds is 3. The summed E-state index contributed by atoms with van der Waals surface area (Å²) in [7, 11) is 0. The number of carboxylic acids is 1. The van der Waals surface area contributed by atoms with Gasteiger partial charge in [-0.1, -0.05) is 18.2 Å². The Morgan fingerprint density at radius 3 is 2.45 bits per heavy atom. The second-order valence-corrected chi connectivity index (χ2v) is 5.12. The predicted molar refractivity (Wildman–Crippen MR) is 80.2 cm³/mol. The minimum atomic E-state index is -1.05. The molecule has 0 aromatic heterocycles. The second-order valence-electron chi connectivity index (χ2n) is 4.27. The Balaban J connectivity index is 2.27. The van der Waals surface area contributed by atoms with Gasteiger partial charge >= 0.3 is 5.97 Å². The smallest absolute Gasteiger partial charge is 0.336 e. The number of nitrogens with one attached hydrogen (secondary N) is 1. The van der Waals surface area contributed by atoms with E-state index in [0.29, 0.717) is 15.7 Å². The standard InChI is InChI=1S/C15H12BrNO3/c1-9-4-2-3-5-11(9)14(18)17-10-6-7-13(16)12(8-10)15(19)20/h2-8H,1H3,(H,17,18)(H,19,20). The average molecular weight is 334 g/mol. The van der Waals surface area contributed by atoms with Crippen LogP contribution in [0.5, 0.6) is 0 Å². The fourth-order valence-corrected chi connectivity index (χ4v) is 2.21. The molecule has 5 heteroatoms. The monoisotopic (exact) mass is 333 g/mol. The number of carbonyl (C=O) groups is 2. The largest absolute Gasteiger partial charge is 0.478 e. The molecular weight excluding hydrogens is 322 g/mol. The Bertz CT molecular complexity index is 683. The first-order valence-corrected chi connectivity index (χ1v) is 6.68. The molecule has 0 bridgehead atoms. The molecule has 0 atom stereocenters. The number of benzene rings is 2. The van der Waals surface area contributed by atoms with Crippen molar-refractivity contribution in [3.8, 4) is 0 Å². The van der Waals surface area contributed by atoms with Gasteiger partial charge in [-0.15, -0.1) is 0 Å². The first kappa shape index (κ1) is 14.3. The van der Waals surface area contributed by atoms with Crippen molar-refractivity contribution in [3.05, 3.63) is 63.6 Å². The highest BCUT2D eigenvalue weighted by molar-refractivity contribution is 9.10. The molecule has 2 aromatic rings. The molecule has 0 heterocycles. The van der Waals surface area contributed by atoms with Crippen LogP contribution in [0, 0.1) is 6.92 Å². The van der Waals surface area contributed by atoms with Gasteiger partial charge in [0.2, 0.25) is 0 Å². The van der Waals surface area contributed by atoms with Gasteiger partial charge in [-0.05, 0) is 52.7 Å². The van der Waals surface area contributed by atoms with Crippen LogP contribution in [0.2, 0.25) is 0 Å². The number of halogens is 1. The molecule has 0 spiro atoms. The van der Waals surface area contributed by atoms with E-state index in [2.05, 4.69) is 21.2 Å². The zero-order valence-electron chi connectivity index (χ0n) is 10.7. The zero-order valence-corrected chi connectivity index (χ0v) is 12.3. The third-order valence-corrected chi connectivity index (χ3v) is 3.54. The van der Waals surface area contributed by atoms with E-state index < -0.39 is 5.97 Å². The van der Waals surface area contributed by atoms with Crippen LogP contribution in [0.25, 0.3) is 0 Å². The Morgan fingerprint density at radius 1 is 1.10 bits per heavy atom. The molecule has 20 heavy (non-hydrogen) atoms. The van der Waals surface area contributed by atoms with E-state index in [1.807, 2.05) is 19.1 Å². The molecule has 0 aliphatic rings. The molecule has 0 radical (unpaired) electrons. The first-order valence-electron chi connectivity index (χ1n) is 5.89. The maximum absolute atomic E-state index is 12.1. The molecule has 0 aliphatic heterocycles. The van der Waals surface area contributed by atoms with Crippen LogP contribution in [0.3, 0.4) is 0 Å². The number of aromatic carboxylic acids is 1. The third kappa shape index (κ3) is 3.05. The summed E-state index contributed by atoms with van der Waals surface area (Å²) in [4.78, 5) is 23.2. The van der Waals surface area contributed by atoms with Crippen molar-refractivity contribution >= 4 is 33.5 Å². The molecule has 102 valence electrons. The molecule has 0 aliphatic carbocycles. The van der Waals surface area contributed by atoms with Crippen LogP contribution in [0.4, 0.5) is 5.69 Å². The second kappa shape index (κ2) is 5.88. The molecular formula is C15H12BrNO3. The number of carbonyl (C=O) groups excluding carboxylic acids is 1. The van der Waals surface area contributed by atoms with Crippen molar-refractivity contribution in [1.82, 2.24) is 0 Å². The van der Waals surface area contributed by atoms with Crippen molar-refractivity contribution in [1.29, 1.82) is 0 Å². The van der Waals surface area contributed by atoms with Crippen molar-refractivity contribution in [2.45, 2.75) is 6.92 Å². The maximum atomic E-state index is 12.1. The minimum absolute atomic E-state index is 0.104. The Kier molecular flexibility index (Phi) is 4.20. The summed E-state index contributed by atoms with van der Waals surface area (Å²) < 4.78 is 0.471. The van der Waals surface area contributed by atoms with E-state index in [1.165, 1.54) is 6.07 Å². The van der Waals surface area contributed by atoms with Crippen molar-refractivity contribution < 1.29 is 14.7 Å². The number of aryl methyl sites for hydroxylation is 1. The van der Waals surface area contributed by atoms with E-state index in [-0.39, 0.29) is 11.5 Å². The number of hydrogen-bond acceptors (Lipinski definition) is 2. The van der Waals surface area contributed by atoms with Crippen LogP contribution in [0.15, 0.2) is 46.9 Å². The highest BCUT2D eigenvalue weighted by atomic mass is 79.9. The summed E-state index contributed by atoms with van der Waals surface area (Å²) in [6.07, 6.45) is 0. The van der Waals surface area contributed by atoms with Crippen LogP contribution in [-0.2, 0) is 0 Å². The van der Waals surface area contributed by atoms with Gasteiger partial charge in [0.05, 0.1) is 5.56 Å². The van der Waals surface area contributed by atoms with Crippen molar-refractivity contribution in [2.75, 3.05) is 5.32 Å². The van der Waals surface area contributed by atoms with Gasteiger partial charge in [0.1, 0.15) is 0 Å². The molecule has 1 amide bonds. The quantitative estimate of drug-likeness (QED) is 0.899. The molecule has 0 unspecified atom stereocenters. The van der Waals surface area contributed by atoms with Gasteiger partial charge in [-0.25, -0.2) is 4.79 Å². The molecule has 0 saturated carbocycles. The van der Waals surface area contributed by atoms with Gasteiger partial charge in [0.15, 0.2) is 0 Å². The van der Waals surface area contributed by atoms with Gasteiger partial charge in [0, 0.05) is 15.7 Å². The lowest BCUT2D eigenvalue weighted by atomic mass is 10.1. The number of anilines is 1. The predicted octanol–water partition coefficient (Wildman–Crippen LogP) is 3.71. The van der Waals surface area contributed by atoms with E-state index in [0.717, 1.165) is 5.56 Å². The molecule has 2 rings (SSSR count). The maximum Gasteiger partial charge on any atom is 0.336 e. The van der Waals surface area contributed by atoms with E-state index >= 15 is 0 Å². The fourth-order valence-electron chi connectivity index (χ4n) is 1.79. The van der Waals surface area contributed by atoms with E-state index in [4.69, 9.17) is 5.11 Å². The molecule has 0 fully saturated rings. The molecule has 2 aromatic carbocycles. The summed E-state index contributed by atoms with van der Waals surface area (Å²) in [5.41, 5.74) is 1.97. The highest BCUT2D eigenvalue weighted by Crippen LogP contribution is 2.22. The Morgan fingerprint density at radius 2 is 1.80 bits per heavy atom. The molecule has 4 nitrogen and oxygen atoms in total. The average Bonchev–Trinajstić information content (AvgIpc) is 2.41. The molecule has 2 N–H and O–H groups in total. The highest BCUT2D eigenvalue weighted by Gasteiger charge is 2.12. The lowest BCUT2D eigenvalue weighted by Gasteiger charge is -2.09. The van der Waals surface area contributed by atoms with Crippen molar-refractivity contribution in [3.63, 3.8) is 0 Å². The van der Waals surface area contributed by atoms with Gasteiger partial charge in [0.25, 0.3) is 5.91 Å². The van der Waals surface area contributed by atoms with Gasteiger partial charge in [-0.3, -0.25) is 4.79 Å². The van der Waals surface area contributed by atoms with E-state index in [9.17, 15) is 9.59 Å². The number of carboxylic acid groups (broad SMARTS) is 1. The molecule has 0 saturated heterocycles. The summed E-state index contributed by atoms with van der Waals surface area (Å²) in [6.45, 7) is 1.85. The van der Waals surface area contributed by atoms with Gasteiger partial charge in [-0.2, -0.15) is 0 Å². The first-order chi connectivity index (χ1) is 9.49. The Labute approximate surface area is 124 Å². The van der Waals surface area contributed by atoms with E-state index in [1.54, 1.807) is 24.3 Å². The number of hydrogen-bond donors (Lipinski definition) is 2.